The summed E-state index contributed by atoms with van der Waals surface area (Å²) in [5.74, 6) is 0. The normalized spacial score (nSPS) is 12.8. The maximum atomic E-state index is 2.45. The first-order chi connectivity index (χ1) is 7.91. The summed E-state index contributed by atoms with van der Waals surface area (Å²) in [6.45, 7) is 0. The van der Waals surface area contributed by atoms with Gasteiger partial charge in [-0.15, -0.1) is 0 Å². The molecule has 0 spiro atoms. The van der Waals surface area contributed by atoms with E-state index in [2.05, 4.69) is 82.8 Å². The first-order valence-corrected chi connectivity index (χ1v) is 9.17. The molecule has 0 radical (unpaired) electrons. The van der Waals surface area contributed by atoms with Crippen molar-refractivity contribution in [3.63, 3.8) is 0 Å². The van der Waals surface area contributed by atoms with Crippen LogP contribution in [0.1, 0.15) is 5.56 Å². The molecule has 0 fully saturated rings. The molecule has 0 aromatic heterocycles. The second-order valence-electron chi connectivity index (χ2n) is 5.12. The van der Waals surface area contributed by atoms with Crippen LogP contribution < -0.4 is 0 Å². The summed E-state index contributed by atoms with van der Waals surface area (Å²) in [7, 11) is 13.3. The van der Waals surface area contributed by atoms with Crippen LogP contribution in [0.5, 0.6) is 0 Å². The molecular weight excluding hydrogens is 246 g/mol. The van der Waals surface area contributed by atoms with Crippen molar-refractivity contribution in [1.82, 2.24) is 10.1 Å². The average molecular weight is 271 g/mol. The molecule has 1 aromatic rings. The van der Waals surface area contributed by atoms with Gasteiger partial charge in [-0.05, 0) is 0 Å². The van der Waals surface area contributed by atoms with Crippen LogP contribution in [0.4, 0.5) is 0 Å². The van der Waals surface area contributed by atoms with E-state index in [1.54, 1.807) is 0 Å². The Bertz CT molecular complexity index is 314. The van der Waals surface area contributed by atoms with E-state index < -0.39 is 17.4 Å². The molecule has 17 heavy (non-hydrogen) atoms. The Morgan fingerprint density at radius 1 is 0.765 bits per heavy atom. The van der Waals surface area contributed by atoms with Crippen molar-refractivity contribution in [2.75, 3.05) is 42.3 Å². The Balaban J connectivity index is 3.07. The third kappa shape index (κ3) is 3.18. The van der Waals surface area contributed by atoms with Crippen LogP contribution >= 0.6 is 0 Å². The summed E-state index contributed by atoms with van der Waals surface area (Å²) in [5, 5.41) is 0. The van der Waals surface area contributed by atoms with Gasteiger partial charge in [-0.25, -0.2) is 0 Å². The van der Waals surface area contributed by atoms with Gasteiger partial charge >= 0.3 is 110 Å². The summed E-state index contributed by atoms with van der Waals surface area (Å²) in [4.78, 5) is 0. The van der Waals surface area contributed by atoms with Gasteiger partial charge in [0.15, 0.2) is 0 Å². The van der Waals surface area contributed by atoms with Gasteiger partial charge < -0.3 is 0 Å². The first-order valence-electron chi connectivity index (χ1n) is 5.97. The van der Waals surface area contributed by atoms with E-state index >= 15 is 0 Å². The van der Waals surface area contributed by atoms with Crippen LogP contribution in [0.3, 0.4) is 0 Å². The van der Waals surface area contributed by atoms with E-state index in [-0.39, 0.29) is 0 Å². The fourth-order valence-electron chi connectivity index (χ4n) is 2.54. The van der Waals surface area contributed by atoms with Crippen LogP contribution in [0, 0.1) is 0 Å². The maximum absolute atomic E-state index is 2.45. The van der Waals surface area contributed by atoms with Gasteiger partial charge in [0.2, 0.25) is 0 Å². The molecule has 0 aliphatic rings. The Morgan fingerprint density at radius 2 is 1.18 bits per heavy atom. The zero-order valence-electron chi connectivity index (χ0n) is 11.9. The van der Waals surface area contributed by atoms with Crippen molar-refractivity contribution in [2.24, 2.45) is 0 Å². The second kappa shape index (κ2) is 6.12. The molecule has 0 saturated carbocycles. The van der Waals surface area contributed by atoms with Crippen molar-refractivity contribution >= 4 is 0 Å². The number of nitrogens with zero attached hydrogens (tertiary/aromatic N) is 3. The standard InChI is InChI=1S/C7H7.3C2H6N.Ti/c1-7-5-3-2-4-6-7;3*1-3-2;/h2-6H,1H2;3*1-2H3;/q;3*-1;+3. The molecule has 0 unspecified atom stereocenters. The van der Waals surface area contributed by atoms with E-state index in [4.69, 9.17) is 0 Å². The predicted molar refractivity (Wildman–Crippen MR) is 71.2 cm³/mol. The predicted octanol–water partition coefficient (Wildman–Crippen LogP) is 1.77. The Labute approximate surface area is 110 Å². The molecule has 0 atom stereocenters. The quantitative estimate of drug-likeness (QED) is 0.756. The van der Waals surface area contributed by atoms with Crippen molar-refractivity contribution in [2.45, 2.75) is 4.73 Å². The number of hydrogen-bond donors (Lipinski definition) is 0. The summed E-state index contributed by atoms with van der Waals surface area (Å²) < 4.78 is 8.51. The molecule has 3 nitrogen and oxygen atoms in total. The van der Waals surface area contributed by atoms with Crippen LogP contribution in [0.2, 0.25) is 0 Å². The van der Waals surface area contributed by atoms with E-state index in [0.29, 0.717) is 0 Å². The molecule has 0 N–H and O–H groups in total. The van der Waals surface area contributed by atoms with Gasteiger partial charge in [0.05, 0.1) is 0 Å². The van der Waals surface area contributed by atoms with Gasteiger partial charge in [0, 0.05) is 0 Å². The van der Waals surface area contributed by atoms with E-state index in [0.717, 1.165) is 4.73 Å². The van der Waals surface area contributed by atoms with E-state index in [1.165, 1.54) is 5.56 Å². The minimum absolute atomic E-state index is 1.16. The van der Waals surface area contributed by atoms with Gasteiger partial charge in [-0.1, -0.05) is 0 Å². The van der Waals surface area contributed by atoms with Gasteiger partial charge in [0.1, 0.15) is 0 Å². The van der Waals surface area contributed by atoms with Gasteiger partial charge in [-0.3, -0.25) is 0 Å². The molecule has 1 aromatic carbocycles. The minimum atomic E-state index is -2.35. The summed E-state index contributed by atoms with van der Waals surface area (Å²) in [6, 6.07) is 10.8. The zero-order chi connectivity index (χ0) is 13.1. The van der Waals surface area contributed by atoms with Crippen molar-refractivity contribution < 1.29 is 17.4 Å². The first kappa shape index (κ1) is 14.9. The SMILES string of the molecule is C[N](C)[Ti]([CH2]c1ccccc1)([N](C)C)[N](C)C. The third-order valence-corrected chi connectivity index (χ3v) is 11.5. The number of hydrogen-bond acceptors (Lipinski definition) is 3. The molecule has 0 amide bonds. The van der Waals surface area contributed by atoms with E-state index in [9.17, 15) is 0 Å². The zero-order valence-corrected chi connectivity index (χ0v) is 13.5. The molecule has 1 rings (SSSR count). The Kier molecular flexibility index (Phi) is 5.35. The third-order valence-electron chi connectivity index (χ3n) is 3.43. The van der Waals surface area contributed by atoms with Gasteiger partial charge in [0.25, 0.3) is 0 Å². The fourth-order valence-corrected chi connectivity index (χ4v) is 9.00. The van der Waals surface area contributed by atoms with Crippen molar-refractivity contribution in [3.05, 3.63) is 35.9 Å². The molecule has 0 saturated heterocycles. The summed E-state index contributed by atoms with van der Waals surface area (Å²) >= 11 is -2.35. The fraction of sp³-hybridized carbons (Fsp3) is 0.538. The molecular formula is C13H25N3Ti. The van der Waals surface area contributed by atoms with Crippen molar-refractivity contribution in [3.8, 4) is 0 Å². The van der Waals surface area contributed by atoms with E-state index in [1.807, 2.05) is 0 Å². The van der Waals surface area contributed by atoms with Crippen LogP contribution in [0.25, 0.3) is 0 Å². The van der Waals surface area contributed by atoms with Gasteiger partial charge in [-0.2, -0.15) is 0 Å². The van der Waals surface area contributed by atoms with Crippen molar-refractivity contribution in [1.29, 1.82) is 0 Å². The average Bonchev–Trinajstić information content (AvgIpc) is 2.25. The van der Waals surface area contributed by atoms with Crippen LogP contribution in [-0.2, 0) is 22.1 Å². The Hall–Kier alpha value is -0.186. The summed E-state index contributed by atoms with van der Waals surface area (Å²) in [5.41, 5.74) is 1.43. The monoisotopic (exact) mass is 271 g/mol. The molecule has 0 heterocycles. The number of rotatable bonds is 5. The Morgan fingerprint density at radius 3 is 1.53 bits per heavy atom. The van der Waals surface area contributed by atoms with Crippen LogP contribution in [-0.4, -0.2) is 52.4 Å². The molecule has 0 aliphatic heterocycles. The molecule has 0 aliphatic carbocycles. The molecule has 96 valence electrons. The molecule has 4 heteroatoms. The topological polar surface area (TPSA) is 9.72 Å². The summed E-state index contributed by atoms with van der Waals surface area (Å²) in [6.07, 6.45) is 0. The van der Waals surface area contributed by atoms with Crippen LogP contribution in [0.15, 0.2) is 30.3 Å². The molecule has 0 bridgehead atoms. The number of benzene rings is 1. The second-order valence-corrected chi connectivity index (χ2v) is 12.3.